The van der Waals surface area contributed by atoms with Crippen LogP contribution in [0, 0.1) is 5.92 Å². The number of hydrogen-bond donors (Lipinski definition) is 0. The first kappa shape index (κ1) is 9.05. The van der Waals surface area contributed by atoms with Gasteiger partial charge in [0.25, 0.3) is 0 Å². The van der Waals surface area contributed by atoms with Crippen LogP contribution >= 0.6 is 0 Å². The number of hydrogen-bond acceptors (Lipinski definition) is 1. The van der Waals surface area contributed by atoms with Crippen molar-refractivity contribution < 1.29 is 1.43 Å². The van der Waals surface area contributed by atoms with E-state index in [0.29, 0.717) is 5.54 Å². The minimum Gasteiger partial charge on any atom is -0.296 e. The molecule has 1 heterocycles. The molecule has 0 saturated carbocycles. The molecular formula is C10H23N. The van der Waals surface area contributed by atoms with Crippen molar-refractivity contribution in [2.24, 2.45) is 5.92 Å². The van der Waals surface area contributed by atoms with Gasteiger partial charge in [-0.3, -0.25) is 4.90 Å². The summed E-state index contributed by atoms with van der Waals surface area (Å²) in [5, 5.41) is 0. The van der Waals surface area contributed by atoms with Crippen molar-refractivity contribution in [3.8, 4) is 0 Å². The third-order valence-electron chi connectivity index (χ3n) is 3.00. The van der Waals surface area contributed by atoms with Gasteiger partial charge in [0, 0.05) is 13.0 Å². The highest BCUT2D eigenvalue weighted by atomic mass is 15.2. The fourth-order valence-corrected chi connectivity index (χ4v) is 2.04. The average Bonchev–Trinajstić information content (AvgIpc) is 2.11. The lowest BCUT2D eigenvalue weighted by molar-refractivity contribution is 0.120. The van der Waals surface area contributed by atoms with Crippen molar-refractivity contribution >= 4 is 0 Å². The summed E-state index contributed by atoms with van der Waals surface area (Å²) < 4.78 is 0. The Hall–Kier alpha value is -0.0400. The van der Waals surface area contributed by atoms with Crippen LogP contribution in [0.15, 0.2) is 0 Å². The van der Waals surface area contributed by atoms with Crippen LogP contribution in [0.3, 0.4) is 0 Å². The Balaban J connectivity index is 0.00000121. The van der Waals surface area contributed by atoms with Gasteiger partial charge >= 0.3 is 0 Å². The molecule has 68 valence electrons. The zero-order valence-corrected chi connectivity index (χ0v) is 8.52. The predicted molar refractivity (Wildman–Crippen MR) is 51.8 cm³/mol. The van der Waals surface area contributed by atoms with E-state index in [1.54, 1.807) is 0 Å². The molecule has 0 bridgehead atoms. The fourth-order valence-electron chi connectivity index (χ4n) is 2.04. The van der Waals surface area contributed by atoms with Gasteiger partial charge in [0.2, 0.25) is 0 Å². The molecule has 2 atom stereocenters. The molecule has 0 aromatic heterocycles. The summed E-state index contributed by atoms with van der Waals surface area (Å²) in [5.74, 6) is 0.884. The van der Waals surface area contributed by atoms with Gasteiger partial charge in [0.1, 0.15) is 0 Å². The van der Waals surface area contributed by atoms with E-state index in [0.717, 1.165) is 12.0 Å². The molecule has 0 amide bonds. The Bertz CT molecular complexity index is 139. The monoisotopic (exact) mass is 158 g/mol. The van der Waals surface area contributed by atoms with E-state index in [4.69, 9.17) is 0 Å². The molecule has 1 aliphatic rings. The molecule has 1 heteroatoms. The van der Waals surface area contributed by atoms with Crippen molar-refractivity contribution in [3.63, 3.8) is 0 Å². The largest absolute Gasteiger partial charge is 0.296 e. The second-order valence-corrected chi connectivity index (χ2v) is 4.87. The van der Waals surface area contributed by atoms with Crippen molar-refractivity contribution in [1.29, 1.82) is 0 Å². The Labute approximate surface area is 72.3 Å². The quantitative estimate of drug-likeness (QED) is 0.524. The molecule has 1 nitrogen and oxygen atoms in total. The molecule has 0 aromatic rings. The maximum absolute atomic E-state index is 2.61. The molecule has 1 saturated heterocycles. The summed E-state index contributed by atoms with van der Waals surface area (Å²) in [7, 11) is 0. The fraction of sp³-hybridized carbons (Fsp3) is 1.00. The topological polar surface area (TPSA) is 3.24 Å². The first-order valence-electron chi connectivity index (χ1n) is 4.69. The summed E-state index contributed by atoms with van der Waals surface area (Å²) in [6.45, 7) is 12.9. The molecule has 1 fully saturated rings. The number of nitrogens with zero attached hydrogens (tertiary/aromatic N) is 1. The molecule has 1 rings (SSSR count). The minimum absolute atomic E-state index is 0. The summed E-state index contributed by atoms with van der Waals surface area (Å²) >= 11 is 0. The van der Waals surface area contributed by atoms with Gasteiger partial charge in [-0.2, -0.15) is 0 Å². The van der Waals surface area contributed by atoms with Gasteiger partial charge < -0.3 is 0 Å². The third kappa shape index (κ3) is 1.76. The van der Waals surface area contributed by atoms with Crippen LogP contribution in [0.5, 0.6) is 0 Å². The Morgan fingerprint density at radius 1 is 1.27 bits per heavy atom. The highest BCUT2D eigenvalue weighted by molar-refractivity contribution is 4.88. The average molecular weight is 158 g/mol. The first-order chi connectivity index (χ1) is 4.93. The molecule has 0 spiro atoms. The van der Waals surface area contributed by atoms with Crippen molar-refractivity contribution in [3.05, 3.63) is 0 Å². The second kappa shape index (κ2) is 2.78. The van der Waals surface area contributed by atoms with Gasteiger partial charge in [0.05, 0.1) is 0 Å². The van der Waals surface area contributed by atoms with Crippen LogP contribution in [0.2, 0.25) is 0 Å². The van der Waals surface area contributed by atoms with E-state index in [1.165, 1.54) is 13.0 Å². The predicted octanol–water partition coefficient (Wildman–Crippen LogP) is 2.76. The van der Waals surface area contributed by atoms with Crippen molar-refractivity contribution in [1.82, 2.24) is 4.90 Å². The molecule has 0 radical (unpaired) electrons. The van der Waals surface area contributed by atoms with Crippen LogP contribution in [0.4, 0.5) is 0 Å². The zero-order valence-electron chi connectivity index (χ0n) is 8.52. The molecule has 2 unspecified atom stereocenters. The second-order valence-electron chi connectivity index (χ2n) is 4.87. The summed E-state index contributed by atoms with van der Waals surface area (Å²) in [4.78, 5) is 2.61. The highest BCUT2D eigenvalue weighted by Crippen LogP contribution is 2.29. The lowest BCUT2D eigenvalue weighted by Crippen LogP contribution is -2.44. The maximum atomic E-state index is 2.61. The van der Waals surface area contributed by atoms with E-state index in [-0.39, 0.29) is 1.43 Å². The van der Waals surface area contributed by atoms with Crippen molar-refractivity contribution in [2.45, 2.75) is 52.6 Å². The normalized spacial score (nSPS) is 34.6. The summed E-state index contributed by atoms with van der Waals surface area (Å²) in [6, 6.07) is 0.773. The van der Waals surface area contributed by atoms with E-state index < -0.39 is 0 Å². The molecule has 0 aromatic carbocycles. The lowest BCUT2D eigenvalue weighted by atomic mass is 10.0. The standard InChI is InChI=1S/C10H21N.H2/c1-8-6-7-11(9(8)2)10(3,4)5;/h8-9H,6-7H2,1-5H3;1H/i;1+1. The minimum atomic E-state index is 0. The van der Waals surface area contributed by atoms with E-state index in [2.05, 4.69) is 39.5 Å². The van der Waals surface area contributed by atoms with Crippen molar-refractivity contribution in [2.75, 3.05) is 6.54 Å². The third-order valence-corrected chi connectivity index (χ3v) is 3.00. The van der Waals surface area contributed by atoms with E-state index in [1.807, 2.05) is 0 Å². The van der Waals surface area contributed by atoms with E-state index in [9.17, 15) is 0 Å². The smallest absolute Gasteiger partial charge is 0.0127 e. The Morgan fingerprint density at radius 2 is 1.82 bits per heavy atom. The molecular weight excluding hydrogens is 134 g/mol. The van der Waals surface area contributed by atoms with Gasteiger partial charge in [-0.25, -0.2) is 0 Å². The highest BCUT2D eigenvalue weighted by Gasteiger charge is 2.34. The number of likely N-dealkylation sites (tertiary alicyclic amines) is 1. The molecule has 0 aliphatic carbocycles. The summed E-state index contributed by atoms with van der Waals surface area (Å²) in [5.41, 5.74) is 0.365. The summed E-state index contributed by atoms with van der Waals surface area (Å²) in [6.07, 6.45) is 1.37. The van der Waals surface area contributed by atoms with E-state index >= 15 is 0 Å². The molecule has 1 aliphatic heterocycles. The van der Waals surface area contributed by atoms with Gasteiger partial charge in [-0.1, -0.05) is 6.92 Å². The maximum Gasteiger partial charge on any atom is 0.0127 e. The van der Waals surface area contributed by atoms with Crippen LogP contribution in [0.1, 0.15) is 42.5 Å². The van der Waals surface area contributed by atoms with Crippen LogP contribution < -0.4 is 0 Å². The zero-order chi connectivity index (χ0) is 8.65. The van der Waals surface area contributed by atoms with Crippen LogP contribution in [-0.2, 0) is 0 Å². The number of rotatable bonds is 0. The Kier molecular flexibility index (Phi) is 2.29. The Morgan fingerprint density at radius 3 is 2.00 bits per heavy atom. The first-order valence-corrected chi connectivity index (χ1v) is 4.69. The van der Waals surface area contributed by atoms with Gasteiger partial charge in [-0.15, -0.1) is 0 Å². The SMILES string of the molecule is CC1CCN(C(C)(C)C)C1C.[2HH]. The van der Waals surface area contributed by atoms with Crippen LogP contribution in [0.25, 0.3) is 0 Å². The van der Waals surface area contributed by atoms with Gasteiger partial charge in [0.15, 0.2) is 0 Å². The molecule has 0 N–H and O–H groups in total. The lowest BCUT2D eigenvalue weighted by Gasteiger charge is -2.36. The van der Waals surface area contributed by atoms with Gasteiger partial charge in [-0.05, 0) is 46.6 Å². The van der Waals surface area contributed by atoms with Crippen LogP contribution in [-0.4, -0.2) is 23.0 Å². The molecule has 11 heavy (non-hydrogen) atoms.